The van der Waals surface area contributed by atoms with Crippen molar-refractivity contribution in [2.45, 2.75) is 17.5 Å². The number of nitrogens with two attached hydrogens (primary N) is 1. The van der Waals surface area contributed by atoms with Crippen molar-refractivity contribution in [3.8, 4) is 5.75 Å². The minimum atomic E-state index is -3.77. The molecule has 12 heteroatoms. The van der Waals surface area contributed by atoms with Crippen molar-refractivity contribution in [2.75, 3.05) is 33.4 Å². The summed E-state index contributed by atoms with van der Waals surface area (Å²) < 4.78 is 33.2. The van der Waals surface area contributed by atoms with Crippen molar-refractivity contribution in [2.24, 2.45) is 5.14 Å². The second kappa shape index (κ2) is 11.1. The molecule has 2 aromatic carbocycles. The molecule has 1 fully saturated rings. The highest BCUT2D eigenvalue weighted by Gasteiger charge is 2.31. The third kappa shape index (κ3) is 6.53. The number of nitrogens with one attached hydrogen (secondary N) is 2. The Morgan fingerprint density at radius 1 is 1.06 bits per heavy atom. The van der Waals surface area contributed by atoms with Gasteiger partial charge in [0.1, 0.15) is 12.0 Å². The Morgan fingerprint density at radius 3 is 2.32 bits per heavy atom. The smallest absolute Gasteiger partial charge is 0.309 e. The van der Waals surface area contributed by atoms with Crippen LogP contribution in [0.15, 0.2) is 53.4 Å². The van der Waals surface area contributed by atoms with E-state index in [-0.39, 0.29) is 23.9 Å². The Labute approximate surface area is 197 Å². The summed E-state index contributed by atoms with van der Waals surface area (Å²) in [6, 6.07) is 12.6. The largest absolute Gasteiger partial charge is 0.497 e. The first-order chi connectivity index (χ1) is 16.2. The number of sulfonamides is 1. The maximum absolute atomic E-state index is 12.8. The summed E-state index contributed by atoms with van der Waals surface area (Å²) in [6.07, 6.45) is -0.302. The van der Waals surface area contributed by atoms with E-state index in [0.717, 1.165) is 5.56 Å². The maximum Gasteiger partial charge on any atom is 0.309 e. The van der Waals surface area contributed by atoms with Crippen molar-refractivity contribution in [1.29, 1.82) is 0 Å². The van der Waals surface area contributed by atoms with Gasteiger partial charge >= 0.3 is 11.8 Å². The van der Waals surface area contributed by atoms with Crippen LogP contribution in [0.5, 0.6) is 5.75 Å². The number of hydrogen-bond donors (Lipinski definition) is 3. The molecule has 0 bridgehead atoms. The third-order valence-electron chi connectivity index (χ3n) is 5.18. The summed E-state index contributed by atoms with van der Waals surface area (Å²) in [5.74, 6) is -1.30. The van der Waals surface area contributed by atoms with Crippen LogP contribution in [0.4, 0.5) is 0 Å². The highest BCUT2D eigenvalue weighted by Crippen LogP contribution is 2.17. The van der Waals surface area contributed by atoms with Gasteiger partial charge in [-0.3, -0.25) is 14.4 Å². The molecule has 1 heterocycles. The summed E-state index contributed by atoms with van der Waals surface area (Å²) >= 11 is 0. The predicted octanol–water partition coefficient (Wildman–Crippen LogP) is -0.384. The standard InChI is InChI=1S/C22H26N4O7S/c1-32-17-6-4-16(5-7-17)22(29)26-12-13-33-19(26)14-25-21(28)20(27)24-11-10-15-2-8-18(9-3-15)34(23,30)31/h2-9,19H,10-14H2,1H3,(H,24,27)(H,25,28)(H2,23,30,31)/t19-/m0/s1. The fourth-order valence-corrected chi connectivity index (χ4v) is 3.84. The highest BCUT2D eigenvalue weighted by molar-refractivity contribution is 7.89. The van der Waals surface area contributed by atoms with Crippen LogP contribution in [0.2, 0.25) is 0 Å². The SMILES string of the molecule is COc1ccc(C(=O)N2CCO[C@H]2CNC(=O)C(=O)NCCc2ccc(S(N)(=O)=O)cc2)cc1. The average molecular weight is 491 g/mol. The molecule has 11 nitrogen and oxygen atoms in total. The van der Waals surface area contributed by atoms with Crippen molar-refractivity contribution >= 4 is 27.7 Å². The summed E-state index contributed by atoms with van der Waals surface area (Å²) in [7, 11) is -2.23. The van der Waals surface area contributed by atoms with Crippen molar-refractivity contribution in [3.05, 3.63) is 59.7 Å². The molecule has 182 valence electrons. The summed E-state index contributed by atoms with van der Waals surface area (Å²) in [5.41, 5.74) is 1.22. The van der Waals surface area contributed by atoms with Gasteiger partial charge in [-0.2, -0.15) is 0 Å². The number of amides is 3. The molecule has 0 aliphatic carbocycles. The minimum absolute atomic E-state index is 0.00619. The van der Waals surface area contributed by atoms with Crippen molar-refractivity contribution < 1.29 is 32.3 Å². The van der Waals surface area contributed by atoms with Crippen LogP contribution in [-0.4, -0.2) is 70.6 Å². The number of carbonyl (C=O) groups excluding carboxylic acids is 3. The molecule has 0 aromatic heterocycles. The summed E-state index contributed by atoms with van der Waals surface area (Å²) in [4.78, 5) is 38.5. The molecule has 3 rings (SSSR count). The number of carbonyl (C=O) groups is 3. The summed E-state index contributed by atoms with van der Waals surface area (Å²) in [5, 5.41) is 10.0. The van der Waals surface area contributed by atoms with Crippen LogP contribution in [0.25, 0.3) is 0 Å². The van der Waals surface area contributed by atoms with E-state index < -0.39 is 28.1 Å². The average Bonchev–Trinajstić information content (AvgIpc) is 3.30. The third-order valence-corrected chi connectivity index (χ3v) is 6.11. The zero-order valence-electron chi connectivity index (χ0n) is 18.5. The van der Waals surface area contributed by atoms with Gasteiger partial charge in [0, 0.05) is 18.7 Å². The van der Waals surface area contributed by atoms with Gasteiger partial charge in [-0.15, -0.1) is 0 Å². The number of ether oxygens (including phenoxy) is 2. The quantitative estimate of drug-likeness (QED) is 0.426. The van der Waals surface area contributed by atoms with Crippen LogP contribution < -0.4 is 20.5 Å². The molecule has 1 saturated heterocycles. The predicted molar refractivity (Wildman–Crippen MR) is 121 cm³/mol. The van der Waals surface area contributed by atoms with Gasteiger partial charge in [0.15, 0.2) is 0 Å². The summed E-state index contributed by atoms with van der Waals surface area (Å²) in [6.45, 7) is 0.812. The van der Waals surface area contributed by atoms with E-state index in [0.29, 0.717) is 30.9 Å². The lowest BCUT2D eigenvalue weighted by Crippen LogP contribution is -2.47. The molecule has 0 spiro atoms. The van der Waals surface area contributed by atoms with E-state index in [9.17, 15) is 22.8 Å². The monoisotopic (exact) mass is 490 g/mol. The van der Waals surface area contributed by atoms with E-state index in [1.165, 1.54) is 24.1 Å². The van der Waals surface area contributed by atoms with Crippen LogP contribution in [0.3, 0.4) is 0 Å². The Hall–Kier alpha value is -3.48. The number of primary sulfonamides is 1. The van der Waals surface area contributed by atoms with Gasteiger partial charge < -0.3 is 25.0 Å². The number of hydrogen-bond acceptors (Lipinski definition) is 7. The van der Waals surface area contributed by atoms with E-state index >= 15 is 0 Å². The van der Waals surface area contributed by atoms with E-state index in [1.807, 2.05) is 0 Å². The second-order valence-electron chi connectivity index (χ2n) is 7.46. The number of rotatable bonds is 8. The van der Waals surface area contributed by atoms with Crippen LogP contribution >= 0.6 is 0 Å². The molecule has 1 atom stereocenters. The van der Waals surface area contributed by atoms with E-state index in [4.69, 9.17) is 14.6 Å². The molecule has 34 heavy (non-hydrogen) atoms. The second-order valence-corrected chi connectivity index (χ2v) is 9.02. The fourth-order valence-electron chi connectivity index (χ4n) is 3.33. The maximum atomic E-state index is 12.8. The van der Waals surface area contributed by atoms with Gasteiger partial charge in [-0.05, 0) is 48.4 Å². The first-order valence-electron chi connectivity index (χ1n) is 10.4. The van der Waals surface area contributed by atoms with Crippen molar-refractivity contribution in [3.63, 3.8) is 0 Å². The van der Waals surface area contributed by atoms with E-state index in [1.54, 1.807) is 36.4 Å². The molecule has 2 aromatic rings. The lowest BCUT2D eigenvalue weighted by atomic mass is 10.1. The number of methoxy groups -OCH3 is 1. The van der Waals surface area contributed by atoms with Crippen LogP contribution in [0.1, 0.15) is 15.9 Å². The van der Waals surface area contributed by atoms with Gasteiger partial charge in [-0.25, -0.2) is 13.6 Å². The zero-order chi connectivity index (χ0) is 24.7. The molecular weight excluding hydrogens is 464 g/mol. The first-order valence-corrected chi connectivity index (χ1v) is 12.0. The Bertz CT molecular complexity index is 1130. The molecule has 1 aliphatic heterocycles. The van der Waals surface area contributed by atoms with Crippen molar-refractivity contribution in [1.82, 2.24) is 15.5 Å². The molecular formula is C22H26N4O7S. The Balaban J connectivity index is 1.44. The van der Waals surface area contributed by atoms with Gasteiger partial charge in [0.05, 0.1) is 25.2 Å². The topological polar surface area (TPSA) is 157 Å². The lowest BCUT2D eigenvalue weighted by molar-refractivity contribution is -0.139. The minimum Gasteiger partial charge on any atom is -0.497 e. The normalized spacial score (nSPS) is 15.6. The highest BCUT2D eigenvalue weighted by atomic mass is 32.2. The fraction of sp³-hybridized carbons (Fsp3) is 0.318. The van der Waals surface area contributed by atoms with Gasteiger partial charge in [0.2, 0.25) is 10.0 Å². The van der Waals surface area contributed by atoms with Gasteiger partial charge in [-0.1, -0.05) is 12.1 Å². The lowest BCUT2D eigenvalue weighted by Gasteiger charge is -2.23. The Morgan fingerprint density at radius 2 is 1.71 bits per heavy atom. The number of nitrogens with zero attached hydrogens (tertiary/aromatic N) is 1. The Kier molecular flexibility index (Phi) is 8.21. The van der Waals surface area contributed by atoms with Crippen LogP contribution in [-0.2, 0) is 30.8 Å². The van der Waals surface area contributed by atoms with Crippen LogP contribution in [0, 0.1) is 0 Å². The molecule has 0 radical (unpaired) electrons. The molecule has 3 amide bonds. The molecule has 1 aliphatic rings. The molecule has 4 N–H and O–H groups in total. The number of benzene rings is 2. The van der Waals surface area contributed by atoms with Gasteiger partial charge in [0.25, 0.3) is 5.91 Å². The zero-order valence-corrected chi connectivity index (χ0v) is 19.3. The molecule has 0 saturated carbocycles. The molecule has 0 unspecified atom stereocenters. The first kappa shape index (κ1) is 25.1. The van der Waals surface area contributed by atoms with E-state index in [2.05, 4.69) is 10.6 Å².